The summed E-state index contributed by atoms with van der Waals surface area (Å²) in [5.74, 6) is -1.52. The molecule has 2 N–H and O–H groups in total. The van der Waals surface area contributed by atoms with E-state index in [1.807, 2.05) is 33.9 Å². The average molecular weight is 551 g/mol. The standard InChI is InChI=1S/C26H29F3N2O6Si/c1-23(2,3)38(6,7)36-17-11-25(12-18(32)35-5)20-19(24(17,4)37-25)21(33)31(22(20)34)15-9-8-14(13-30)16(10-15)26(27,28)29/h8-11,33-34H,12H2,1-7H3/t24-,25-/m1/s1. The normalized spacial score (nSPS) is 22.6. The second-order valence-corrected chi connectivity index (χ2v) is 15.9. The molecule has 0 radical (unpaired) electrons. The highest BCUT2D eigenvalue weighted by molar-refractivity contribution is 6.74. The van der Waals surface area contributed by atoms with Gasteiger partial charge in [-0.05, 0) is 49.3 Å². The zero-order valence-electron chi connectivity index (χ0n) is 22.1. The number of ether oxygens (including phenoxy) is 2. The molecule has 1 aromatic carbocycles. The first kappa shape index (κ1) is 27.6. The second-order valence-electron chi connectivity index (χ2n) is 11.2. The van der Waals surface area contributed by atoms with Crippen molar-refractivity contribution in [3.05, 3.63) is 52.3 Å². The SMILES string of the molecule is COC(=O)C[C@@]12C=C(O[Si](C)(C)C(C)(C)C)[C@@](C)(O1)c1c2c(O)n(-c2ccc(C#N)c(C(F)(F)F)c2)c1O. The predicted octanol–water partition coefficient (Wildman–Crippen LogP) is 5.70. The Balaban J connectivity index is 1.95. The maximum absolute atomic E-state index is 13.7. The van der Waals surface area contributed by atoms with Crippen LogP contribution in [0.3, 0.4) is 0 Å². The molecule has 0 spiro atoms. The molecule has 0 aliphatic carbocycles. The van der Waals surface area contributed by atoms with E-state index in [0.717, 1.165) is 10.6 Å². The fraction of sp³-hybridized carbons (Fsp3) is 0.462. The van der Waals surface area contributed by atoms with Crippen LogP contribution >= 0.6 is 0 Å². The van der Waals surface area contributed by atoms with Gasteiger partial charge >= 0.3 is 12.1 Å². The second kappa shape index (κ2) is 8.28. The van der Waals surface area contributed by atoms with Gasteiger partial charge in [0, 0.05) is 0 Å². The average Bonchev–Trinajstić information content (AvgIpc) is 3.33. The number of aromatic hydroxyl groups is 2. The molecule has 1 aromatic heterocycles. The number of halogens is 3. The van der Waals surface area contributed by atoms with Crippen LogP contribution in [0.2, 0.25) is 18.1 Å². The van der Waals surface area contributed by atoms with Gasteiger partial charge in [0.1, 0.15) is 11.4 Å². The van der Waals surface area contributed by atoms with Crippen molar-refractivity contribution in [2.75, 3.05) is 7.11 Å². The van der Waals surface area contributed by atoms with E-state index in [9.17, 15) is 28.2 Å². The maximum atomic E-state index is 13.7. The lowest BCUT2D eigenvalue weighted by atomic mass is 9.82. The molecule has 0 amide bonds. The summed E-state index contributed by atoms with van der Waals surface area (Å²) in [5, 5.41) is 31.6. The molecule has 3 heterocycles. The third kappa shape index (κ3) is 3.87. The molecular formula is C26H29F3N2O6Si. The van der Waals surface area contributed by atoms with Crippen molar-refractivity contribution in [3.8, 4) is 23.5 Å². The summed E-state index contributed by atoms with van der Waals surface area (Å²) < 4.78 is 59.5. The quantitative estimate of drug-likeness (QED) is 0.363. The van der Waals surface area contributed by atoms with Crippen LogP contribution in [-0.4, -0.2) is 36.2 Å². The number of rotatable bonds is 5. The molecule has 12 heteroatoms. The third-order valence-electron chi connectivity index (χ3n) is 7.73. The van der Waals surface area contributed by atoms with Gasteiger partial charge < -0.3 is 24.1 Å². The van der Waals surface area contributed by atoms with Crippen LogP contribution in [0.5, 0.6) is 11.8 Å². The van der Waals surface area contributed by atoms with E-state index in [1.54, 1.807) is 13.0 Å². The first-order valence-corrected chi connectivity index (χ1v) is 14.7. The molecule has 38 heavy (non-hydrogen) atoms. The largest absolute Gasteiger partial charge is 0.544 e. The van der Waals surface area contributed by atoms with Crippen LogP contribution in [0.1, 0.15) is 56.4 Å². The van der Waals surface area contributed by atoms with Gasteiger partial charge in [-0.1, -0.05) is 20.8 Å². The smallest absolute Gasteiger partial charge is 0.417 e. The lowest BCUT2D eigenvalue weighted by molar-refractivity contribution is -0.150. The molecule has 0 unspecified atom stereocenters. The predicted molar refractivity (Wildman–Crippen MR) is 132 cm³/mol. The molecule has 0 saturated carbocycles. The lowest BCUT2D eigenvalue weighted by Crippen LogP contribution is -2.42. The summed E-state index contributed by atoms with van der Waals surface area (Å²) in [6.07, 6.45) is -3.65. The Hall–Kier alpha value is -3.43. The topological polar surface area (TPSA) is 114 Å². The zero-order valence-corrected chi connectivity index (χ0v) is 23.1. The van der Waals surface area contributed by atoms with E-state index in [1.165, 1.54) is 19.2 Å². The molecule has 2 aliphatic heterocycles. The van der Waals surface area contributed by atoms with Crippen molar-refractivity contribution >= 4 is 14.3 Å². The number of alkyl halides is 3. The van der Waals surface area contributed by atoms with E-state index in [2.05, 4.69) is 0 Å². The number of hydrogen-bond acceptors (Lipinski definition) is 7. The number of carbonyl (C=O) groups is 1. The number of esters is 1. The number of fused-ring (bicyclic) bond motifs is 5. The summed E-state index contributed by atoms with van der Waals surface area (Å²) in [7, 11) is -1.26. The molecule has 8 nitrogen and oxygen atoms in total. The Labute approximate surface area is 219 Å². The summed E-state index contributed by atoms with van der Waals surface area (Å²) >= 11 is 0. The highest BCUT2D eigenvalue weighted by Crippen LogP contribution is 2.65. The molecule has 0 saturated heterocycles. The Morgan fingerprint density at radius 2 is 1.79 bits per heavy atom. The summed E-state index contributed by atoms with van der Waals surface area (Å²) in [6, 6.07) is 4.32. The van der Waals surface area contributed by atoms with Crippen molar-refractivity contribution in [2.24, 2.45) is 0 Å². The van der Waals surface area contributed by atoms with Crippen molar-refractivity contribution in [2.45, 2.75) is 69.6 Å². The molecule has 2 aromatic rings. The highest BCUT2D eigenvalue weighted by Gasteiger charge is 2.65. The first-order valence-electron chi connectivity index (χ1n) is 11.8. The summed E-state index contributed by atoms with van der Waals surface area (Å²) in [4.78, 5) is 12.4. The van der Waals surface area contributed by atoms with Crippen LogP contribution < -0.4 is 0 Å². The number of nitriles is 1. The van der Waals surface area contributed by atoms with E-state index in [-0.39, 0.29) is 28.3 Å². The zero-order chi connectivity index (χ0) is 28.6. The molecule has 2 bridgehead atoms. The number of carbonyl (C=O) groups excluding carboxylic acids is 1. The van der Waals surface area contributed by atoms with Crippen molar-refractivity contribution < 1.29 is 42.1 Å². The monoisotopic (exact) mass is 550 g/mol. The van der Waals surface area contributed by atoms with Crippen molar-refractivity contribution in [1.82, 2.24) is 4.57 Å². The fourth-order valence-corrected chi connectivity index (χ4v) is 5.87. The summed E-state index contributed by atoms with van der Waals surface area (Å²) in [5.41, 5.74) is -5.00. The van der Waals surface area contributed by atoms with E-state index in [4.69, 9.17) is 19.2 Å². The van der Waals surface area contributed by atoms with Crippen molar-refractivity contribution in [3.63, 3.8) is 0 Å². The van der Waals surface area contributed by atoms with Gasteiger partial charge in [-0.3, -0.25) is 9.36 Å². The fourth-order valence-electron chi connectivity index (χ4n) is 4.76. The van der Waals surface area contributed by atoms with Crippen LogP contribution in [0, 0.1) is 11.3 Å². The molecule has 2 atom stereocenters. The van der Waals surface area contributed by atoms with E-state index < -0.39 is 54.6 Å². The molecule has 2 aliphatic rings. The number of benzene rings is 1. The minimum atomic E-state index is -4.85. The van der Waals surface area contributed by atoms with Gasteiger partial charge in [0.25, 0.3) is 0 Å². The lowest BCUT2D eigenvalue weighted by Gasteiger charge is -2.39. The minimum Gasteiger partial charge on any atom is -0.544 e. The number of aromatic nitrogens is 1. The number of methoxy groups -OCH3 is 1. The van der Waals surface area contributed by atoms with Gasteiger partial charge in [0.2, 0.25) is 20.1 Å². The molecule has 4 rings (SSSR count). The van der Waals surface area contributed by atoms with Crippen LogP contribution in [0.4, 0.5) is 13.2 Å². The van der Waals surface area contributed by atoms with E-state index in [0.29, 0.717) is 11.8 Å². The Morgan fingerprint density at radius 1 is 1.18 bits per heavy atom. The Kier molecular flexibility index (Phi) is 6.01. The van der Waals surface area contributed by atoms with Gasteiger partial charge in [-0.25, -0.2) is 0 Å². The van der Waals surface area contributed by atoms with Gasteiger partial charge in [-0.15, -0.1) is 0 Å². The van der Waals surface area contributed by atoms with Crippen molar-refractivity contribution in [1.29, 1.82) is 5.26 Å². The van der Waals surface area contributed by atoms with E-state index >= 15 is 0 Å². The third-order valence-corrected chi connectivity index (χ3v) is 12.1. The van der Waals surface area contributed by atoms with Gasteiger partial charge in [0.05, 0.1) is 47.5 Å². The number of hydrogen-bond donors (Lipinski definition) is 2. The Bertz CT molecular complexity index is 1420. The minimum absolute atomic E-state index is 0.0309. The molecular weight excluding hydrogens is 521 g/mol. The van der Waals surface area contributed by atoms with Gasteiger partial charge in [0.15, 0.2) is 5.60 Å². The highest BCUT2D eigenvalue weighted by atomic mass is 28.4. The van der Waals surface area contributed by atoms with Crippen LogP contribution in [0.25, 0.3) is 5.69 Å². The Morgan fingerprint density at radius 3 is 2.32 bits per heavy atom. The first-order chi connectivity index (χ1) is 17.3. The summed E-state index contributed by atoms with van der Waals surface area (Å²) in [6.45, 7) is 11.7. The van der Waals surface area contributed by atoms with Crippen LogP contribution in [0.15, 0.2) is 30.0 Å². The number of nitrogens with zero attached hydrogens (tertiary/aromatic N) is 2. The van der Waals surface area contributed by atoms with Gasteiger partial charge in [-0.2, -0.15) is 18.4 Å². The molecule has 0 fully saturated rings. The molecule has 204 valence electrons. The van der Waals surface area contributed by atoms with Crippen LogP contribution in [-0.2, 0) is 36.1 Å². The maximum Gasteiger partial charge on any atom is 0.417 e.